The van der Waals surface area contributed by atoms with Gasteiger partial charge in [0.15, 0.2) is 4.47 Å². The fourth-order valence-corrected chi connectivity index (χ4v) is 3.87. The van der Waals surface area contributed by atoms with E-state index >= 15 is 0 Å². The highest BCUT2D eigenvalue weighted by Gasteiger charge is 2.10. The Morgan fingerprint density at radius 1 is 1.15 bits per heavy atom. The first-order valence-corrected chi connectivity index (χ1v) is 9.66. The Bertz CT molecular complexity index is 1120. The average Bonchev–Trinajstić information content (AvgIpc) is 3.25. The van der Waals surface area contributed by atoms with Crippen molar-refractivity contribution < 1.29 is 4.74 Å². The van der Waals surface area contributed by atoms with Crippen molar-refractivity contribution in [1.29, 1.82) is 0 Å². The van der Waals surface area contributed by atoms with Crippen LogP contribution in [0.2, 0.25) is 9.49 Å². The largest absolute Gasteiger partial charge is 0.495 e. The lowest BCUT2D eigenvalue weighted by molar-refractivity contribution is 0.415. The quantitative estimate of drug-likeness (QED) is 0.486. The van der Waals surface area contributed by atoms with Gasteiger partial charge < -0.3 is 10.1 Å². The summed E-state index contributed by atoms with van der Waals surface area (Å²) in [5.41, 5.74) is 4.44. The van der Waals surface area contributed by atoms with Crippen LogP contribution in [0.5, 0.6) is 5.75 Å². The second-order valence-electron chi connectivity index (χ2n) is 5.90. The first-order valence-electron chi connectivity index (χ1n) is 8.09. The zero-order valence-corrected chi connectivity index (χ0v) is 16.9. The van der Waals surface area contributed by atoms with Crippen molar-refractivity contribution in [2.24, 2.45) is 0 Å². The van der Waals surface area contributed by atoms with Crippen molar-refractivity contribution >= 4 is 51.3 Å². The molecule has 0 spiro atoms. The molecule has 0 bridgehead atoms. The smallest absolute Gasteiger partial charge is 0.183 e. The molecule has 0 amide bonds. The topological polar surface area (TPSA) is 64.9 Å². The number of halogens is 2. The molecule has 0 aliphatic rings. The zero-order chi connectivity index (χ0) is 19.0. The van der Waals surface area contributed by atoms with E-state index in [-0.39, 0.29) is 0 Å². The van der Waals surface area contributed by atoms with Gasteiger partial charge in [-0.05, 0) is 42.8 Å². The molecule has 1 N–H and O–H groups in total. The van der Waals surface area contributed by atoms with Gasteiger partial charge in [0.1, 0.15) is 16.8 Å². The summed E-state index contributed by atoms with van der Waals surface area (Å²) in [7, 11) is 1.58. The van der Waals surface area contributed by atoms with Gasteiger partial charge in [-0.25, -0.2) is 4.98 Å². The maximum absolute atomic E-state index is 6.21. The normalized spacial score (nSPS) is 11.1. The Morgan fingerprint density at radius 2 is 1.93 bits per heavy atom. The van der Waals surface area contributed by atoms with Crippen LogP contribution in [0, 0.1) is 6.92 Å². The van der Waals surface area contributed by atoms with Crippen molar-refractivity contribution in [3.8, 4) is 11.4 Å². The Morgan fingerprint density at radius 3 is 2.59 bits per heavy atom. The van der Waals surface area contributed by atoms with E-state index in [2.05, 4.69) is 20.5 Å². The van der Waals surface area contributed by atoms with E-state index in [4.69, 9.17) is 27.9 Å². The highest BCUT2D eigenvalue weighted by molar-refractivity contribution is 7.15. The minimum Gasteiger partial charge on any atom is -0.495 e. The number of thiazole rings is 1. The number of benzene rings is 2. The predicted octanol–water partition coefficient (Wildman–Crippen LogP) is 5.11. The SMILES string of the molecule is COc1ccc(-n2nc3cc(C)c(NCc4cnc(Cl)s4)cc3n2)cc1Cl. The number of nitrogens with one attached hydrogen (secondary N) is 1. The van der Waals surface area contributed by atoms with Crippen LogP contribution in [0.1, 0.15) is 10.4 Å². The summed E-state index contributed by atoms with van der Waals surface area (Å²) in [6.07, 6.45) is 1.78. The van der Waals surface area contributed by atoms with Gasteiger partial charge in [-0.3, -0.25) is 0 Å². The second kappa shape index (κ2) is 7.34. The zero-order valence-electron chi connectivity index (χ0n) is 14.5. The Balaban J connectivity index is 1.63. The minimum absolute atomic E-state index is 0.512. The lowest BCUT2D eigenvalue weighted by Gasteiger charge is -2.07. The van der Waals surface area contributed by atoms with E-state index in [1.54, 1.807) is 30.2 Å². The van der Waals surface area contributed by atoms with E-state index in [9.17, 15) is 0 Å². The number of aromatic nitrogens is 4. The molecule has 0 saturated carbocycles. The number of methoxy groups -OCH3 is 1. The molecule has 138 valence electrons. The van der Waals surface area contributed by atoms with Crippen LogP contribution in [0.25, 0.3) is 16.7 Å². The summed E-state index contributed by atoms with van der Waals surface area (Å²) in [6, 6.07) is 9.43. The molecule has 2 aromatic heterocycles. The molecule has 0 aliphatic carbocycles. The van der Waals surface area contributed by atoms with Crippen molar-refractivity contribution in [2.45, 2.75) is 13.5 Å². The fraction of sp³-hybridized carbons (Fsp3) is 0.167. The number of hydrogen-bond donors (Lipinski definition) is 1. The molecule has 4 aromatic rings. The van der Waals surface area contributed by atoms with Crippen molar-refractivity contribution in [2.75, 3.05) is 12.4 Å². The minimum atomic E-state index is 0.512. The lowest BCUT2D eigenvalue weighted by Crippen LogP contribution is -1.99. The molecule has 0 saturated heterocycles. The van der Waals surface area contributed by atoms with Gasteiger partial charge in [0, 0.05) is 16.8 Å². The number of hydrogen-bond acceptors (Lipinski definition) is 6. The molecular weight excluding hydrogens is 405 g/mol. The van der Waals surface area contributed by atoms with Gasteiger partial charge in [0.05, 0.1) is 24.4 Å². The van der Waals surface area contributed by atoms with E-state index in [1.165, 1.54) is 11.3 Å². The van der Waals surface area contributed by atoms with Crippen molar-refractivity contribution in [1.82, 2.24) is 20.0 Å². The number of fused-ring (bicyclic) bond motifs is 1. The molecule has 2 heterocycles. The molecular formula is C18H15Cl2N5OS. The van der Waals surface area contributed by atoms with Crippen LogP contribution in [-0.4, -0.2) is 27.1 Å². The van der Waals surface area contributed by atoms with Crippen molar-refractivity contribution in [3.05, 3.63) is 56.5 Å². The third-order valence-corrected chi connectivity index (χ3v) is 5.48. The first-order chi connectivity index (χ1) is 13.0. The molecule has 0 aliphatic heterocycles. The molecule has 0 radical (unpaired) electrons. The third-order valence-electron chi connectivity index (χ3n) is 4.07. The highest BCUT2D eigenvalue weighted by Crippen LogP contribution is 2.28. The van der Waals surface area contributed by atoms with Crippen LogP contribution in [0.4, 0.5) is 5.69 Å². The average molecular weight is 420 g/mol. The number of nitrogens with zero attached hydrogens (tertiary/aromatic N) is 4. The highest BCUT2D eigenvalue weighted by atomic mass is 35.5. The molecule has 4 rings (SSSR count). The van der Waals surface area contributed by atoms with Gasteiger partial charge in [-0.1, -0.05) is 23.2 Å². The summed E-state index contributed by atoms with van der Waals surface area (Å²) >= 11 is 13.6. The third kappa shape index (κ3) is 3.71. The fourth-order valence-electron chi connectivity index (χ4n) is 2.70. The van der Waals surface area contributed by atoms with Gasteiger partial charge in [-0.2, -0.15) is 4.80 Å². The summed E-state index contributed by atoms with van der Waals surface area (Å²) < 4.78 is 5.73. The van der Waals surface area contributed by atoms with Gasteiger partial charge in [-0.15, -0.1) is 21.5 Å². The van der Waals surface area contributed by atoms with Crippen molar-refractivity contribution in [3.63, 3.8) is 0 Å². The second-order valence-corrected chi connectivity index (χ2v) is 8.00. The van der Waals surface area contributed by atoms with E-state index in [0.29, 0.717) is 21.8 Å². The first kappa shape index (κ1) is 18.0. The Labute approximate surface area is 169 Å². The van der Waals surface area contributed by atoms with Gasteiger partial charge >= 0.3 is 0 Å². The van der Waals surface area contributed by atoms with E-state index < -0.39 is 0 Å². The van der Waals surface area contributed by atoms with Gasteiger partial charge in [0.25, 0.3) is 0 Å². The molecule has 0 fully saturated rings. The van der Waals surface area contributed by atoms with Crippen LogP contribution in [-0.2, 0) is 6.54 Å². The summed E-state index contributed by atoms with van der Waals surface area (Å²) in [4.78, 5) is 6.69. The number of aryl methyl sites for hydroxylation is 1. The molecule has 0 atom stereocenters. The summed E-state index contributed by atoms with van der Waals surface area (Å²) in [5.74, 6) is 0.614. The Hall–Kier alpha value is -2.35. The van der Waals surface area contributed by atoms with E-state index in [1.807, 2.05) is 25.1 Å². The van der Waals surface area contributed by atoms with Crippen LogP contribution in [0.15, 0.2) is 36.5 Å². The summed E-state index contributed by atoms with van der Waals surface area (Å²) in [5, 5.41) is 13.0. The van der Waals surface area contributed by atoms with Crippen LogP contribution in [0.3, 0.4) is 0 Å². The molecule has 27 heavy (non-hydrogen) atoms. The van der Waals surface area contributed by atoms with E-state index in [0.717, 1.165) is 32.8 Å². The van der Waals surface area contributed by atoms with Gasteiger partial charge in [0.2, 0.25) is 0 Å². The number of anilines is 1. The maximum Gasteiger partial charge on any atom is 0.183 e. The molecule has 0 unspecified atom stereocenters. The lowest BCUT2D eigenvalue weighted by atomic mass is 10.1. The maximum atomic E-state index is 6.21. The molecule has 2 aromatic carbocycles. The molecule has 6 nitrogen and oxygen atoms in total. The Kier molecular flexibility index (Phi) is 4.90. The number of ether oxygens (including phenoxy) is 1. The predicted molar refractivity (Wildman–Crippen MR) is 110 cm³/mol. The van der Waals surface area contributed by atoms with Crippen LogP contribution >= 0.6 is 34.5 Å². The standard InChI is InChI=1S/C18H15Cl2N5OS/c1-10-5-15-16(7-14(10)21-8-12-9-22-18(20)27-12)24-25(23-15)11-3-4-17(26-2)13(19)6-11/h3-7,9,21H,8H2,1-2H3. The molecule has 9 heteroatoms. The number of rotatable bonds is 5. The van der Waals surface area contributed by atoms with Crippen LogP contribution < -0.4 is 10.1 Å². The monoisotopic (exact) mass is 419 g/mol. The summed E-state index contributed by atoms with van der Waals surface area (Å²) in [6.45, 7) is 2.68.